The quantitative estimate of drug-likeness (QED) is 0.361. The van der Waals surface area contributed by atoms with Crippen LogP contribution in [0.4, 0.5) is 0 Å². The van der Waals surface area contributed by atoms with E-state index in [1.54, 1.807) is 0 Å². The average Bonchev–Trinajstić information content (AvgIpc) is 2.69. The zero-order valence-electron chi connectivity index (χ0n) is 21.2. The van der Waals surface area contributed by atoms with E-state index in [0.29, 0.717) is 30.4 Å². The molecular formula is C26H38O8. The zero-order valence-corrected chi connectivity index (χ0v) is 21.2. The molecule has 2 saturated carbocycles. The van der Waals surface area contributed by atoms with Crippen molar-refractivity contribution < 1.29 is 38.8 Å². The monoisotopic (exact) mass is 478 g/mol. The Morgan fingerprint density at radius 3 is 2.06 bits per heavy atom. The third-order valence-electron chi connectivity index (χ3n) is 8.35. The van der Waals surface area contributed by atoms with Gasteiger partial charge < -0.3 is 24.4 Å². The number of rotatable bonds is 3. The molecule has 2 bridgehead atoms. The summed E-state index contributed by atoms with van der Waals surface area (Å²) in [5, 5.41) is 22.6. The van der Waals surface area contributed by atoms with Crippen LogP contribution in [0, 0.1) is 22.7 Å². The highest BCUT2D eigenvalue weighted by Gasteiger charge is 2.63. The van der Waals surface area contributed by atoms with Gasteiger partial charge in [-0.15, -0.1) is 0 Å². The second kappa shape index (κ2) is 9.11. The molecule has 8 heteroatoms. The van der Waals surface area contributed by atoms with Gasteiger partial charge in [0.25, 0.3) is 0 Å². The van der Waals surface area contributed by atoms with Crippen LogP contribution in [-0.4, -0.2) is 58.6 Å². The lowest BCUT2D eigenvalue weighted by atomic mass is 9.49. The fraction of sp³-hybridized carbons (Fsp3) is 0.731. The molecule has 0 radical (unpaired) electrons. The molecular weight excluding hydrogens is 440 g/mol. The molecule has 0 aromatic heterocycles. The lowest BCUT2D eigenvalue weighted by Crippen LogP contribution is -2.63. The van der Waals surface area contributed by atoms with E-state index in [0.717, 1.165) is 5.57 Å². The highest BCUT2D eigenvalue weighted by atomic mass is 16.6. The van der Waals surface area contributed by atoms with E-state index in [9.17, 15) is 24.6 Å². The van der Waals surface area contributed by atoms with Crippen molar-refractivity contribution in [1.29, 1.82) is 0 Å². The van der Waals surface area contributed by atoms with Gasteiger partial charge in [-0.25, -0.2) is 0 Å². The first-order chi connectivity index (χ1) is 15.6. The fourth-order valence-corrected chi connectivity index (χ4v) is 6.83. The number of carbonyl (C=O) groups excluding carboxylic acids is 3. The zero-order chi connectivity index (χ0) is 25.7. The Balaban J connectivity index is 2.36. The van der Waals surface area contributed by atoms with Crippen molar-refractivity contribution in [3.63, 3.8) is 0 Å². The third kappa shape index (κ3) is 4.31. The van der Waals surface area contributed by atoms with Crippen LogP contribution in [0.1, 0.15) is 67.7 Å². The van der Waals surface area contributed by atoms with Gasteiger partial charge in [0.05, 0.1) is 12.2 Å². The van der Waals surface area contributed by atoms with Crippen LogP contribution < -0.4 is 0 Å². The van der Waals surface area contributed by atoms with E-state index in [2.05, 4.69) is 6.58 Å². The van der Waals surface area contributed by atoms with Crippen molar-refractivity contribution in [2.75, 3.05) is 0 Å². The Morgan fingerprint density at radius 1 is 0.971 bits per heavy atom. The van der Waals surface area contributed by atoms with Gasteiger partial charge in [0.15, 0.2) is 6.10 Å². The minimum atomic E-state index is -0.972. The van der Waals surface area contributed by atoms with E-state index < -0.39 is 71.1 Å². The lowest BCUT2D eigenvalue weighted by Gasteiger charge is -2.59. The molecule has 2 N–H and O–H groups in total. The number of aliphatic hydroxyl groups excluding tert-OH is 2. The molecule has 3 aliphatic rings. The Labute approximate surface area is 201 Å². The SMILES string of the molecule is C=C1[C@@H](O)CC[C@@]2(C)[C@@H](OC(C)=O)[C@H](OC(C)=O)C3=C(C)[C@@H](OC(C)=O)CC([C@@H](O)[C@H]12)C3(C)C. The van der Waals surface area contributed by atoms with Crippen LogP contribution >= 0.6 is 0 Å². The van der Waals surface area contributed by atoms with Crippen LogP contribution in [0.25, 0.3) is 0 Å². The van der Waals surface area contributed by atoms with Crippen LogP contribution in [0.3, 0.4) is 0 Å². The molecule has 0 aromatic carbocycles. The van der Waals surface area contributed by atoms with E-state index in [-0.39, 0.29) is 0 Å². The van der Waals surface area contributed by atoms with Crippen LogP contribution in [-0.2, 0) is 28.6 Å². The van der Waals surface area contributed by atoms with Crippen molar-refractivity contribution in [3.8, 4) is 0 Å². The molecule has 3 aliphatic carbocycles. The molecule has 0 aromatic rings. The lowest BCUT2D eigenvalue weighted by molar-refractivity contribution is -0.197. The molecule has 0 aliphatic heterocycles. The predicted molar refractivity (Wildman–Crippen MR) is 123 cm³/mol. The predicted octanol–water partition coefficient (Wildman–Crippen LogP) is 2.85. The summed E-state index contributed by atoms with van der Waals surface area (Å²) in [6.45, 7) is 15.7. The Morgan fingerprint density at radius 2 is 1.53 bits per heavy atom. The second-order valence-corrected chi connectivity index (χ2v) is 10.9. The number of fused-ring (bicyclic) bond motifs is 3. The summed E-state index contributed by atoms with van der Waals surface area (Å²) in [6, 6.07) is 0. The number of carbonyl (C=O) groups is 3. The summed E-state index contributed by atoms with van der Waals surface area (Å²) in [4.78, 5) is 36.6. The van der Waals surface area contributed by atoms with Gasteiger partial charge in [0.2, 0.25) is 0 Å². The molecule has 190 valence electrons. The molecule has 34 heavy (non-hydrogen) atoms. The smallest absolute Gasteiger partial charge is 0.303 e. The number of hydrogen-bond acceptors (Lipinski definition) is 8. The first kappa shape index (κ1) is 26.4. The Bertz CT molecular complexity index is 918. The molecule has 0 amide bonds. The van der Waals surface area contributed by atoms with Gasteiger partial charge in [-0.1, -0.05) is 27.4 Å². The first-order valence-corrected chi connectivity index (χ1v) is 11.9. The van der Waals surface area contributed by atoms with E-state index in [1.807, 2.05) is 27.7 Å². The summed E-state index contributed by atoms with van der Waals surface area (Å²) in [5.74, 6) is -2.59. The summed E-state index contributed by atoms with van der Waals surface area (Å²) >= 11 is 0. The number of aliphatic hydroxyl groups is 2. The van der Waals surface area contributed by atoms with Gasteiger partial charge in [0, 0.05) is 32.1 Å². The highest BCUT2D eigenvalue weighted by molar-refractivity contribution is 5.68. The van der Waals surface area contributed by atoms with E-state index in [1.165, 1.54) is 20.8 Å². The summed E-state index contributed by atoms with van der Waals surface area (Å²) in [7, 11) is 0. The maximum absolute atomic E-state index is 12.3. The normalized spacial score (nSPS) is 39.3. The topological polar surface area (TPSA) is 119 Å². The molecule has 0 saturated heterocycles. The van der Waals surface area contributed by atoms with Crippen LogP contribution in [0.15, 0.2) is 23.3 Å². The van der Waals surface area contributed by atoms with E-state index >= 15 is 0 Å². The van der Waals surface area contributed by atoms with Gasteiger partial charge in [-0.05, 0) is 54.2 Å². The van der Waals surface area contributed by atoms with Gasteiger partial charge in [-0.2, -0.15) is 0 Å². The Kier molecular flexibility index (Phi) is 7.08. The highest BCUT2D eigenvalue weighted by Crippen LogP contribution is 2.60. The van der Waals surface area contributed by atoms with Gasteiger partial charge >= 0.3 is 17.9 Å². The molecule has 2 fully saturated rings. The van der Waals surface area contributed by atoms with Crippen LogP contribution in [0.2, 0.25) is 0 Å². The average molecular weight is 479 g/mol. The number of hydrogen-bond donors (Lipinski definition) is 2. The first-order valence-electron chi connectivity index (χ1n) is 11.9. The molecule has 8 atom stereocenters. The maximum atomic E-state index is 12.3. The third-order valence-corrected chi connectivity index (χ3v) is 8.35. The largest absolute Gasteiger partial charge is 0.458 e. The Hall–Kier alpha value is -2.19. The maximum Gasteiger partial charge on any atom is 0.303 e. The van der Waals surface area contributed by atoms with Gasteiger partial charge in [0.1, 0.15) is 12.2 Å². The molecule has 0 heterocycles. The van der Waals surface area contributed by atoms with Crippen molar-refractivity contribution >= 4 is 17.9 Å². The minimum absolute atomic E-state index is 0.365. The van der Waals surface area contributed by atoms with Crippen molar-refractivity contribution in [1.82, 2.24) is 0 Å². The summed E-state index contributed by atoms with van der Waals surface area (Å²) in [5.41, 5.74) is 0.309. The van der Waals surface area contributed by atoms with Crippen molar-refractivity contribution in [2.24, 2.45) is 22.7 Å². The molecule has 0 spiro atoms. The van der Waals surface area contributed by atoms with Crippen molar-refractivity contribution in [3.05, 3.63) is 23.3 Å². The standard InChI is InChI=1S/C26H38O8/c1-12-18(30)9-10-26(8)20(12)22(31)17-11-19(32-14(3)27)13(2)21(25(17,6)7)23(33-15(4)28)24(26)34-16(5)29/h17-20,22-24,30-31H,1,9-11H2,2-8H3/t17?,18-,19-,20-,22+,23+,24-,26+/m0/s1. The second-order valence-electron chi connectivity index (χ2n) is 10.9. The summed E-state index contributed by atoms with van der Waals surface area (Å²) in [6.07, 6.45) is -3.15. The minimum Gasteiger partial charge on any atom is -0.458 e. The fourth-order valence-electron chi connectivity index (χ4n) is 6.83. The van der Waals surface area contributed by atoms with Gasteiger partial charge in [-0.3, -0.25) is 14.4 Å². The van der Waals surface area contributed by atoms with E-state index in [4.69, 9.17) is 14.2 Å². The van der Waals surface area contributed by atoms with Crippen LogP contribution in [0.5, 0.6) is 0 Å². The van der Waals surface area contributed by atoms with Crippen molar-refractivity contribution in [2.45, 2.75) is 98.2 Å². The molecule has 3 rings (SSSR count). The molecule has 8 nitrogen and oxygen atoms in total. The molecule has 1 unspecified atom stereocenters. The number of esters is 3. The number of ether oxygens (including phenoxy) is 3. The summed E-state index contributed by atoms with van der Waals surface area (Å²) < 4.78 is 17.4.